The van der Waals surface area contributed by atoms with Crippen molar-refractivity contribution in [1.82, 2.24) is 0 Å². The minimum Gasteiger partial charge on any atom is -0.507 e. The number of benzene rings is 3. The van der Waals surface area contributed by atoms with Crippen LogP contribution in [0.3, 0.4) is 0 Å². The zero-order valence-electron chi connectivity index (χ0n) is 23.1. The Morgan fingerprint density at radius 1 is 0.950 bits per heavy atom. The highest BCUT2D eigenvalue weighted by Crippen LogP contribution is 2.44. The van der Waals surface area contributed by atoms with Gasteiger partial charge in [0.05, 0.1) is 18.2 Å². The Morgan fingerprint density at radius 2 is 1.65 bits per heavy atom. The van der Waals surface area contributed by atoms with Crippen LogP contribution in [0.1, 0.15) is 43.4 Å². The van der Waals surface area contributed by atoms with E-state index in [9.17, 15) is 14.7 Å². The van der Waals surface area contributed by atoms with Gasteiger partial charge in [0.15, 0.2) is 11.5 Å². The van der Waals surface area contributed by atoms with Gasteiger partial charge in [-0.1, -0.05) is 31.9 Å². The zero-order chi connectivity index (χ0) is 28.2. The molecule has 40 heavy (non-hydrogen) atoms. The second kappa shape index (κ2) is 11.7. The summed E-state index contributed by atoms with van der Waals surface area (Å²) in [7, 11) is 3.88. The lowest BCUT2D eigenvalue weighted by Crippen LogP contribution is -2.29. The number of ether oxygens (including phenoxy) is 3. The molecule has 2 heterocycles. The van der Waals surface area contributed by atoms with Crippen LogP contribution in [0.4, 0.5) is 11.4 Å². The molecule has 0 radical (unpaired) electrons. The first kappa shape index (κ1) is 27.1. The Labute approximate surface area is 234 Å². The number of Topliss-reactive ketones (excluding diaryl/α,β-unsaturated/α-hetero) is 1. The molecule has 1 fully saturated rings. The van der Waals surface area contributed by atoms with Crippen LogP contribution in [0, 0.1) is 0 Å². The van der Waals surface area contributed by atoms with Gasteiger partial charge in [-0.15, -0.1) is 0 Å². The van der Waals surface area contributed by atoms with Crippen molar-refractivity contribution in [3.63, 3.8) is 0 Å². The first-order valence-electron chi connectivity index (χ1n) is 13.6. The molecule has 0 aromatic heterocycles. The largest absolute Gasteiger partial charge is 0.507 e. The number of aliphatic hydroxyl groups excluding tert-OH is 1. The van der Waals surface area contributed by atoms with Crippen LogP contribution in [0.5, 0.6) is 17.2 Å². The lowest BCUT2D eigenvalue weighted by atomic mass is 9.95. The van der Waals surface area contributed by atoms with E-state index in [2.05, 4.69) is 6.92 Å². The molecule has 1 amide bonds. The summed E-state index contributed by atoms with van der Waals surface area (Å²) in [4.78, 5) is 30.4. The highest BCUT2D eigenvalue weighted by molar-refractivity contribution is 6.51. The predicted octanol–water partition coefficient (Wildman–Crippen LogP) is 5.72. The molecule has 2 aliphatic heterocycles. The highest BCUT2D eigenvalue weighted by Gasteiger charge is 2.47. The van der Waals surface area contributed by atoms with Gasteiger partial charge in [-0.05, 0) is 60.5 Å². The maximum atomic E-state index is 13.5. The number of nitrogens with zero attached hydrogens (tertiary/aromatic N) is 2. The van der Waals surface area contributed by atoms with Crippen molar-refractivity contribution < 1.29 is 28.9 Å². The lowest BCUT2D eigenvalue weighted by Gasteiger charge is -2.27. The molecule has 0 bridgehead atoms. The van der Waals surface area contributed by atoms with E-state index < -0.39 is 17.7 Å². The van der Waals surface area contributed by atoms with E-state index in [1.807, 2.05) is 43.3 Å². The number of fused-ring (bicyclic) bond motifs is 1. The standard InChI is InChI=1S/C32H34N2O6/c1-4-5-6-17-38-25-14-9-22(10-15-25)30(35)28-29(21-7-11-23(12-8-21)33(2)3)34(32(37)31(28)36)24-13-16-26-27(20-24)40-19-18-39-26/h7-16,20,29,35H,4-6,17-19H2,1-3H3/b30-28+. The normalized spacial score (nSPS) is 17.7. The summed E-state index contributed by atoms with van der Waals surface area (Å²) < 4.78 is 17.2. The molecule has 0 spiro atoms. The summed E-state index contributed by atoms with van der Waals surface area (Å²) in [6.45, 7) is 3.59. The maximum Gasteiger partial charge on any atom is 0.300 e. The molecular formula is C32H34N2O6. The third-order valence-corrected chi connectivity index (χ3v) is 7.12. The second-order valence-electron chi connectivity index (χ2n) is 10.1. The third kappa shape index (κ3) is 5.34. The molecule has 208 valence electrons. The van der Waals surface area contributed by atoms with Crippen molar-refractivity contribution in [3.8, 4) is 17.2 Å². The van der Waals surface area contributed by atoms with E-state index in [-0.39, 0.29) is 11.3 Å². The molecule has 8 heteroatoms. The number of carbonyl (C=O) groups is 2. The van der Waals surface area contributed by atoms with Crippen molar-refractivity contribution in [2.75, 3.05) is 43.7 Å². The van der Waals surface area contributed by atoms with Gasteiger partial charge in [-0.25, -0.2) is 0 Å². The fourth-order valence-corrected chi connectivity index (χ4v) is 4.96. The SMILES string of the molecule is CCCCCOc1ccc(/C(O)=C2\C(=O)C(=O)N(c3ccc4c(c3)OCCO4)C2c2ccc(N(C)C)cc2)cc1. The lowest BCUT2D eigenvalue weighted by molar-refractivity contribution is -0.132. The van der Waals surface area contributed by atoms with E-state index in [0.717, 1.165) is 24.9 Å². The fourth-order valence-electron chi connectivity index (χ4n) is 4.96. The molecular weight excluding hydrogens is 508 g/mol. The van der Waals surface area contributed by atoms with E-state index >= 15 is 0 Å². The van der Waals surface area contributed by atoms with Crippen LogP contribution in [0.15, 0.2) is 72.3 Å². The highest BCUT2D eigenvalue weighted by atomic mass is 16.6. The summed E-state index contributed by atoms with van der Waals surface area (Å²) in [5.41, 5.74) is 2.58. The first-order chi connectivity index (χ1) is 19.4. The number of anilines is 2. The fraction of sp³-hybridized carbons (Fsp3) is 0.312. The summed E-state index contributed by atoms with van der Waals surface area (Å²) in [6, 6.07) is 18.8. The summed E-state index contributed by atoms with van der Waals surface area (Å²) in [5, 5.41) is 11.5. The molecule has 1 unspecified atom stereocenters. The summed E-state index contributed by atoms with van der Waals surface area (Å²) in [5.74, 6) is 0.0416. The molecule has 5 rings (SSSR count). The molecule has 1 saturated heterocycles. The quantitative estimate of drug-likeness (QED) is 0.160. The number of hydrogen-bond acceptors (Lipinski definition) is 7. The number of hydrogen-bond donors (Lipinski definition) is 1. The molecule has 3 aromatic rings. The molecule has 2 aliphatic rings. The van der Waals surface area contributed by atoms with Gasteiger partial charge < -0.3 is 24.2 Å². The van der Waals surface area contributed by atoms with E-state index in [4.69, 9.17) is 14.2 Å². The van der Waals surface area contributed by atoms with Crippen molar-refractivity contribution in [1.29, 1.82) is 0 Å². The topological polar surface area (TPSA) is 88.5 Å². The Balaban J connectivity index is 1.56. The number of aliphatic hydroxyl groups is 1. The summed E-state index contributed by atoms with van der Waals surface area (Å²) in [6.07, 6.45) is 3.17. The maximum absolute atomic E-state index is 13.5. The van der Waals surface area contributed by atoms with Crippen LogP contribution in [0.25, 0.3) is 5.76 Å². The number of amides is 1. The van der Waals surface area contributed by atoms with Gasteiger partial charge in [-0.3, -0.25) is 14.5 Å². The van der Waals surface area contributed by atoms with Crippen molar-refractivity contribution in [2.24, 2.45) is 0 Å². The van der Waals surface area contributed by atoms with Crippen LogP contribution in [-0.2, 0) is 9.59 Å². The Morgan fingerprint density at radius 3 is 2.33 bits per heavy atom. The number of rotatable bonds is 9. The van der Waals surface area contributed by atoms with Gasteiger partial charge in [0.2, 0.25) is 0 Å². The van der Waals surface area contributed by atoms with E-state index in [0.29, 0.717) is 53.9 Å². The van der Waals surface area contributed by atoms with Gasteiger partial charge in [0.25, 0.3) is 11.7 Å². The van der Waals surface area contributed by atoms with Crippen LogP contribution in [-0.4, -0.2) is 50.7 Å². The molecule has 3 aromatic carbocycles. The zero-order valence-corrected chi connectivity index (χ0v) is 23.1. The minimum absolute atomic E-state index is 0.0223. The minimum atomic E-state index is -0.844. The van der Waals surface area contributed by atoms with Crippen molar-refractivity contribution >= 4 is 28.8 Å². The molecule has 8 nitrogen and oxygen atoms in total. The monoisotopic (exact) mass is 542 g/mol. The molecule has 0 saturated carbocycles. The smallest absolute Gasteiger partial charge is 0.300 e. The van der Waals surface area contributed by atoms with Gasteiger partial charge in [0.1, 0.15) is 24.7 Å². The van der Waals surface area contributed by atoms with Gasteiger partial charge in [-0.2, -0.15) is 0 Å². The second-order valence-corrected chi connectivity index (χ2v) is 10.1. The van der Waals surface area contributed by atoms with Crippen LogP contribution < -0.4 is 24.0 Å². The molecule has 1 N–H and O–H groups in total. The molecule has 0 aliphatic carbocycles. The average Bonchev–Trinajstić information content (AvgIpc) is 3.25. The van der Waals surface area contributed by atoms with Gasteiger partial charge in [0, 0.05) is 37.1 Å². The number of unbranched alkanes of at least 4 members (excludes halogenated alkanes) is 2. The van der Waals surface area contributed by atoms with Crippen molar-refractivity contribution in [3.05, 3.63) is 83.4 Å². The summed E-state index contributed by atoms with van der Waals surface area (Å²) >= 11 is 0. The number of ketones is 1. The third-order valence-electron chi connectivity index (χ3n) is 7.12. The predicted molar refractivity (Wildman–Crippen MR) is 154 cm³/mol. The Kier molecular flexibility index (Phi) is 7.96. The first-order valence-corrected chi connectivity index (χ1v) is 13.6. The van der Waals surface area contributed by atoms with Crippen LogP contribution in [0.2, 0.25) is 0 Å². The Bertz CT molecular complexity index is 1410. The molecule has 1 atom stereocenters. The van der Waals surface area contributed by atoms with Gasteiger partial charge >= 0.3 is 0 Å². The Hall–Kier alpha value is -4.46. The number of carbonyl (C=O) groups excluding carboxylic acids is 2. The van der Waals surface area contributed by atoms with E-state index in [1.165, 1.54) is 4.90 Å². The van der Waals surface area contributed by atoms with Crippen molar-refractivity contribution in [2.45, 2.75) is 32.2 Å². The van der Waals surface area contributed by atoms with Crippen LogP contribution >= 0.6 is 0 Å². The van der Waals surface area contributed by atoms with E-state index in [1.54, 1.807) is 42.5 Å². The average molecular weight is 543 g/mol.